The summed E-state index contributed by atoms with van der Waals surface area (Å²) in [5.74, 6) is 0. The maximum atomic E-state index is 4.49. The van der Waals surface area contributed by atoms with E-state index in [0.29, 0.717) is 6.04 Å². The number of nitrogens with one attached hydrogen (secondary N) is 2. The molecule has 0 bridgehead atoms. The number of aromatic nitrogens is 1. The van der Waals surface area contributed by atoms with Gasteiger partial charge in [-0.1, -0.05) is 18.2 Å². The Bertz CT molecular complexity index is 516. The second-order valence-electron chi connectivity index (χ2n) is 4.94. The maximum absolute atomic E-state index is 4.49. The molecule has 0 amide bonds. The van der Waals surface area contributed by atoms with Crippen molar-refractivity contribution < 1.29 is 0 Å². The molecule has 1 atom stereocenters. The lowest BCUT2D eigenvalue weighted by molar-refractivity contribution is 0.637. The monoisotopic (exact) mass is 241 g/mol. The zero-order valence-electron chi connectivity index (χ0n) is 10.5. The number of rotatable bonds is 2. The first-order valence-electron chi connectivity index (χ1n) is 6.74. The van der Waals surface area contributed by atoms with Crippen LogP contribution in [0, 0.1) is 0 Å². The van der Waals surface area contributed by atoms with Crippen LogP contribution in [0.4, 0.5) is 5.69 Å². The summed E-state index contributed by atoms with van der Waals surface area (Å²) in [6.45, 7) is 2.26. The molecule has 1 fully saturated rings. The van der Waals surface area contributed by atoms with Gasteiger partial charge in [0.2, 0.25) is 0 Å². The van der Waals surface area contributed by atoms with Crippen LogP contribution in [0.15, 0.2) is 36.5 Å². The number of nitrogens with zero attached hydrogens (tertiary/aromatic N) is 1. The average Bonchev–Trinajstić information content (AvgIpc) is 2.67. The van der Waals surface area contributed by atoms with Gasteiger partial charge < -0.3 is 10.6 Å². The summed E-state index contributed by atoms with van der Waals surface area (Å²) < 4.78 is 0. The maximum Gasteiger partial charge on any atom is 0.0703 e. The molecule has 0 aliphatic carbocycles. The van der Waals surface area contributed by atoms with E-state index in [2.05, 4.69) is 39.9 Å². The molecule has 3 heteroatoms. The van der Waals surface area contributed by atoms with Crippen molar-refractivity contribution in [1.29, 1.82) is 0 Å². The third-order valence-electron chi connectivity index (χ3n) is 3.54. The minimum Gasteiger partial charge on any atom is -0.381 e. The quantitative estimate of drug-likeness (QED) is 0.849. The zero-order chi connectivity index (χ0) is 12.2. The van der Waals surface area contributed by atoms with Gasteiger partial charge in [-0.25, -0.2) is 0 Å². The van der Waals surface area contributed by atoms with Gasteiger partial charge in [0.15, 0.2) is 0 Å². The Morgan fingerprint density at radius 3 is 3.11 bits per heavy atom. The lowest BCUT2D eigenvalue weighted by Crippen LogP contribution is -2.21. The van der Waals surface area contributed by atoms with Crippen LogP contribution in [0.3, 0.4) is 0 Å². The van der Waals surface area contributed by atoms with Gasteiger partial charge in [0.25, 0.3) is 0 Å². The van der Waals surface area contributed by atoms with E-state index in [-0.39, 0.29) is 0 Å². The van der Waals surface area contributed by atoms with E-state index in [9.17, 15) is 0 Å². The Hall–Kier alpha value is -1.61. The minimum absolute atomic E-state index is 0.572. The van der Waals surface area contributed by atoms with Gasteiger partial charge in [0.05, 0.1) is 17.4 Å². The van der Waals surface area contributed by atoms with E-state index in [4.69, 9.17) is 0 Å². The van der Waals surface area contributed by atoms with Crippen molar-refractivity contribution in [3.05, 3.63) is 36.5 Å². The van der Waals surface area contributed by atoms with Gasteiger partial charge in [-0.15, -0.1) is 0 Å². The van der Waals surface area contributed by atoms with E-state index in [1.165, 1.54) is 24.6 Å². The summed E-state index contributed by atoms with van der Waals surface area (Å²) >= 11 is 0. The number of benzene rings is 1. The van der Waals surface area contributed by atoms with Crippen molar-refractivity contribution >= 4 is 16.6 Å². The largest absolute Gasteiger partial charge is 0.381 e. The molecule has 0 spiro atoms. The number of anilines is 1. The highest BCUT2D eigenvalue weighted by atomic mass is 15.0. The van der Waals surface area contributed by atoms with Crippen LogP contribution in [-0.4, -0.2) is 24.1 Å². The Kier molecular flexibility index (Phi) is 3.42. The van der Waals surface area contributed by atoms with E-state index in [1.807, 2.05) is 12.3 Å². The van der Waals surface area contributed by atoms with E-state index >= 15 is 0 Å². The van der Waals surface area contributed by atoms with Gasteiger partial charge in [-0.3, -0.25) is 4.98 Å². The predicted molar refractivity (Wildman–Crippen MR) is 75.9 cm³/mol. The van der Waals surface area contributed by atoms with Crippen molar-refractivity contribution in [2.45, 2.75) is 25.3 Å². The minimum atomic E-state index is 0.572. The Morgan fingerprint density at radius 1 is 1.17 bits per heavy atom. The molecule has 1 unspecified atom stereocenters. The second kappa shape index (κ2) is 5.36. The smallest absolute Gasteiger partial charge is 0.0703 e. The molecule has 1 aromatic heterocycles. The highest BCUT2D eigenvalue weighted by molar-refractivity contribution is 5.81. The van der Waals surface area contributed by atoms with E-state index in [0.717, 1.165) is 24.3 Å². The summed E-state index contributed by atoms with van der Waals surface area (Å²) in [4.78, 5) is 4.49. The SMILES string of the molecule is c1ccc2ncc(NC3CCCNCC3)cc2c1. The summed E-state index contributed by atoms with van der Waals surface area (Å²) in [6.07, 6.45) is 5.62. The van der Waals surface area contributed by atoms with Gasteiger partial charge in [-0.05, 0) is 44.5 Å². The van der Waals surface area contributed by atoms with Gasteiger partial charge in [-0.2, -0.15) is 0 Å². The molecule has 2 aromatic rings. The fraction of sp³-hybridized carbons (Fsp3) is 0.400. The number of hydrogen-bond acceptors (Lipinski definition) is 3. The topological polar surface area (TPSA) is 37.0 Å². The van der Waals surface area contributed by atoms with Crippen molar-refractivity contribution in [1.82, 2.24) is 10.3 Å². The fourth-order valence-electron chi connectivity index (χ4n) is 2.55. The summed E-state index contributed by atoms with van der Waals surface area (Å²) in [5.41, 5.74) is 2.20. The molecule has 0 radical (unpaired) electrons. The first-order valence-corrected chi connectivity index (χ1v) is 6.74. The molecule has 1 aliphatic rings. The van der Waals surface area contributed by atoms with Crippen LogP contribution in [-0.2, 0) is 0 Å². The van der Waals surface area contributed by atoms with Crippen LogP contribution < -0.4 is 10.6 Å². The van der Waals surface area contributed by atoms with Gasteiger partial charge in [0, 0.05) is 11.4 Å². The van der Waals surface area contributed by atoms with E-state index in [1.54, 1.807) is 0 Å². The highest BCUT2D eigenvalue weighted by Gasteiger charge is 2.11. The van der Waals surface area contributed by atoms with Gasteiger partial charge >= 0.3 is 0 Å². The van der Waals surface area contributed by atoms with Crippen molar-refractivity contribution in [2.75, 3.05) is 18.4 Å². The lowest BCUT2D eigenvalue weighted by Gasteiger charge is -2.17. The summed E-state index contributed by atoms with van der Waals surface area (Å²) in [6, 6.07) is 11.0. The summed E-state index contributed by atoms with van der Waals surface area (Å²) in [7, 11) is 0. The Labute approximate surface area is 108 Å². The molecule has 18 heavy (non-hydrogen) atoms. The fourth-order valence-corrected chi connectivity index (χ4v) is 2.55. The Balaban J connectivity index is 1.77. The van der Waals surface area contributed by atoms with E-state index < -0.39 is 0 Å². The van der Waals surface area contributed by atoms with Crippen molar-refractivity contribution in [3.8, 4) is 0 Å². The molecule has 1 aliphatic heterocycles. The first-order chi connectivity index (χ1) is 8.92. The molecule has 1 saturated heterocycles. The van der Waals surface area contributed by atoms with Gasteiger partial charge in [0.1, 0.15) is 0 Å². The second-order valence-corrected chi connectivity index (χ2v) is 4.94. The lowest BCUT2D eigenvalue weighted by atomic mass is 10.1. The van der Waals surface area contributed by atoms with Crippen molar-refractivity contribution in [2.24, 2.45) is 0 Å². The third-order valence-corrected chi connectivity index (χ3v) is 3.54. The molecular formula is C15H19N3. The molecule has 0 saturated carbocycles. The van der Waals surface area contributed by atoms with Crippen LogP contribution in [0.1, 0.15) is 19.3 Å². The predicted octanol–water partition coefficient (Wildman–Crippen LogP) is 2.79. The molecular weight excluding hydrogens is 222 g/mol. The molecule has 2 N–H and O–H groups in total. The number of pyridine rings is 1. The van der Waals surface area contributed by atoms with Crippen molar-refractivity contribution in [3.63, 3.8) is 0 Å². The normalized spacial score (nSPS) is 20.6. The molecule has 2 heterocycles. The molecule has 1 aromatic carbocycles. The molecule has 3 rings (SSSR count). The summed E-state index contributed by atoms with van der Waals surface area (Å²) in [5, 5.41) is 8.25. The van der Waals surface area contributed by atoms with Crippen LogP contribution >= 0.6 is 0 Å². The molecule has 3 nitrogen and oxygen atoms in total. The first kappa shape index (κ1) is 11.5. The number of fused-ring (bicyclic) bond motifs is 1. The number of hydrogen-bond donors (Lipinski definition) is 2. The molecule has 94 valence electrons. The van der Waals surface area contributed by atoms with Crippen LogP contribution in [0.5, 0.6) is 0 Å². The zero-order valence-corrected chi connectivity index (χ0v) is 10.5. The van der Waals surface area contributed by atoms with Crippen LogP contribution in [0.25, 0.3) is 10.9 Å². The third kappa shape index (κ3) is 2.62. The standard InChI is InChI=1S/C15H19N3/c1-2-6-15-12(4-1)10-14(11-17-15)18-13-5-3-8-16-9-7-13/h1-2,4,6,10-11,13,16,18H,3,5,7-9H2. The van der Waals surface area contributed by atoms with Crippen LogP contribution in [0.2, 0.25) is 0 Å². The highest BCUT2D eigenvalue weighted by Crippen LogP contribution is 2.18. The number of para-hydroxylation sites is 1. The average molecular weight is 241 g/mol. The Morgan fingerprint density at radius 2 is 2.11 bits per heavy atom.